The first kappa shape index (κ1) is 14.4. The fourth-order valence-corrected chi connectivity index (χ4v) is 1.06. The summed E-state index contributed by atoms with van der Waals surface area (Å²) < 4.78 is 0. The molecule has 2 aromatic carbocycles. The van der Waals surface area contributed by atoms with Crippen LogP contribution in [0.2, 0.25) is 0 Å². The minimum absolute atomic E-state index is 0. The second kappa shape index (κ2) is 7.64. The molecule has 0 N–H and O–H groups in total. The van der Waals surface area contributed by atoms with Crippen molar-refractivity contribution >= 4 is 5.78 Å². The van der Waals surface area contributed by atoms with Crippen LogP contribution >= 0.6 is 0 Å². The van der Waals surface area contributed by atoms with Gasteiger partial charge in [-0.15, -0.1) is 0 Å². The zero-order valence-corrected chi connectivity index (χ0v) is 9.93. The summed E-state index contributed by atoms with van der Waals surface area (Å²) in [6.07, 6.45) is 0. The molecule has 0 heterocycles. The van der Waals surface area contributed by atoms with E-state index < -0.39 is 0 Å². The summed E-state index contributed by atoms with van der Waals surface area (Å²) in [5.74, 6) is 0.134. The predicted octanol–water partition coefficient (Wildman–Crippen LogP) is 2.88. The predicted molar refractivity (Wildman–Crippen MR) is 58.8 cm³/mol. The van der Waals surface area contributed by atoms with Crippen molar-refractivity contribution in [3.05, 3.63) is 59.7 Å². The molecular weight excluding hydrogens is 242 g/mol. The third-order valence-corrected chi connectivity index (χ3v) is 1.86. The average molecular weight is 253 g/mol. The van der Waals surface area contributed by atoms with Crippen LogP contribution < -0.4 is 0 Å². The van der Waals surface area contributed by atoms with Crippen LogP contribution in [0.15, 0.2) is 48.5 Å². The monoisotopic (exact) mass is 253 g/mol. The van der Waals surface area contributed by atoms with E-state index in [2.05, 4.69) is 0 Å². The minimum atomic E-state index is 0. The van der Waals surface area contributed by atoms with Crippen LogP contribution in [0.3, 0.4) is 0 Å². The van der Waals surface area contributed by atoms with E-state index >= 15 is 0 Å². The Morgan fingerprint density at radius 2 is 1.50 bits per heavy atom. The van der Waals surface area contributed by atoms with Crippen molar-refractivity contribution in [2.75, 3.05) is 0 Å². The molecule has 0 bridgehead atoms. The molecule has 0 aliphatic rings. The van der Waals surface area contributed by atoms with Crippen molar-refractivity contribution in [1.29, 1.82) is 5.26 Å². The van der Waals surface area contributed by atoms with Gasteiger partial charge in [0, 0.05) is 6.07 Å². The van der Waals surface area contributed by atoms with Crippen LogP contribution in [0.5, 0.6) is 0 Å². The Bertz CT molecular complexity index is 435. The third kappa shape index (κ3) is 4.75. The van der Waals surface area contributed by atoms with Crippen LogP contribution in [-0.4, -0.2) is 5.78 Å². The van der Waals surface area contributed by atoms with E-state index in [1.165, 1.54) is 0 Å². The summed E-state index contributed by atoms with van der Waals surface area (Å²) in [7, 11) is 0. The van der Waals surface area contributed by atoms with Crippen LogP contribution in [0.4, 0.5) is 0 Å². The summed E-state index contributed by atoms with van der Waals surface area (Å²) in [6, 6.07) is 16.6. The number of hydrogen-bond donors (Lipinski definition) is 0. The Labute approximate surface area is 106 Å². The van der Waals surface area contributed by atoms with Crippen molar-refractivity contribution in [2.45, 2.75) is 6.92 Å². The maximum Gasteiger partial charge on any atom is 2.00 e. The van der Waals surface area contributed by atoms with Crippen LogP contribution in [0.1, 0.15) is 22.8 Å². The van der Waals surface area contributed by atoms with Crippen molar-refractivity contribution in [1.82, 2.24) is 0 Å². The molecule has 2 aromatic rings. The molecule has 0 amide bonds. The first-order chi connectivity index (χ1) is 7.24. The fourth-order valence-electron chi connectivity index (χ4n) is 1.06. The zero-order valence-electron chi connectivity index (χ0n) is 8.83. The van der Waals surface area contributed by atoms with Gasteiger partial charge in [0.05, 0.1) is 0 Å². The van der Waals surface area contributed by atoms with E-state index in [-0.39, 0.29) is 22.9 Å². The van der Waals surface area contributed by atoms with E-state index in [9.17, 15) is 4.79 Å². The van der Waals surface area contributed by atoms with Crippen molar-refractivity contribution in [2.24, 2.45) is 0 Å². The van der Waals surface area contributed by atoms with Gasteiger partial charge in [-0.05, 0) is 6.92 Å². The van der Waals surface area contributed by atoms with Gasteiger partial charge < -0.3 is 4.79 Å². The van der Waals surface area contributed by atoms with Crippen molar-refractivity contribution in [3.63, 3.8) is 0 Å². The van der Waals surface area contributed by atoms with Crippen molar-refractivity contribution < 1.29 is 21.9 Å². The minimum Gasteiger partial charge on any atom is -0.309 e. The Balaban J connectivity index is 0.000000267. The molecule has 0 aromatic heterocycles. The first-order valence-corrected chi connectivity index (χ1v) is 4.58. The molecular formula is C13H11FeNO. The molecule has 16 heavy (non-hydrogen) atoms. The Kier molecular flexibility index (Phi) is 6.87. The Hall–Kier alpha value is -1.62. The Morgan fingerprint density at radius 3 is 1.75 bits per heavy atom. The van der Waals surface area contributed by atoms with Crippen LogP contribution in [0, 0.1) is 11.3 Å². The molecule has 2 nitrogen and oxygen atoms in total. The standard InChI is InChI=1S/C7H7O.C6H4N.Fe/c1-6(8)7-4-2-3-5-7;7-5-6-3-1-2-4-6;/h2-5H,1H3;1-4H;/q2*-1;+2. The number of nitrogens with zero attached hydrogens (tertiary/aromatic N) is 1. The molecule has 3 heteroatoms. The first-order valence-electron chi connectivity index (χ1n) is 4.58. The van der Waals surface area contributed by atoms with E-state index in [1.54, 1.807) is 19.1 Å². The number of rotatable bonds is 1. The SMILES string of the molecule is CC(=O)[c-]1cccc1.N#C[c-]1cccc1.[Fe+2]. The molecule has 0 unspecified atom stereocenters. The average Bonchev–Trinajstić information content (AvgIpc) is 2.92. The van der Waals surface area contributed by atoms with Gasteiger partial charge in [0.1, 0.15) is 5.78 Å². The number of carbonyl (C=O) groups excluding carboxylic acids is 1. The van der Waals surface area contributed by atoms with E-state index in [0.717, 1.165) is 11.1 Å². The van der Waals surface area contributed by atoms with Gasteiger partial charge in [0.25, 0.3) is 0 Å². The second-order valence-corrected chi connectivity index (χ2v) is 3.02. The molecule has 0 fully saturated rings. The molecule has 82 valence electrons. The molecule has 0 saturated heterocycles. The van der Waals surface area contributed by atoms with Gasteiger partial charge in [-0.3, -0.25) is 0 Å². The van der Waals surface area contributed by atoms with E-state index in [1.807, 2.05) is 42.5 Å². The molecule has 0 atom stereocenters. The summed E-state index contributed by atoms with van der Waals surface area (Å²) in [4.78, 5) is 10.5. The maximum atomic E-state index is 10.5. The Morgan fingerprint density at radius 1 is 1.06 bits per heavy atom. The molecule has 0 saturated carbocycles. The molecule has 0 radical (unpaired) electrons. The number of nitriles is 1. The van der Waals surface area contributed by atoms with Crippen LogP contribution in [-0.2, 0) is 17.1 Å². The quantitative estimate of drug-likeness (QED) is 0.445. The molecule has 0 aliphatic carbocycles. The summed E-state index contributed by atoms with van der Waals surface area (Å²) in [5.41, 5.74) is 1.53. The van der Waals surface area contributed by atoms with E-state index in [0.29, 0.717) is 0 Å². The van der Waals surface area contributed by atoms with Gasteiger partial charge >= 0.3 is 17.1 Å². The smallest absolute Gasteiger partial charge is 0.309 e. The zero-order chi connectivity index (χ0) is 11.1. The third-order valence-electron chi connectivity index (χ3n) is 1.86. The normalized spacial score (nSPS) is 8.00. The fraction of sp³-hybridized carbons (Fsp3) is 0.0769. The van der Waals surface area contributed by atoms with Crippen LogP contribution in [0.25, 0.3) is 0 Å². The molecule has 2 rings (SSSR count). The number of ketones is 1. The van der Waals surface area contributed by atoms with Gasteiger partial charge in [0.15, 0.2) is 0 Å². The number of hydrogen-bond acceptors (Lipinski definition) is 2. The summed E-state index contributed by atoms with van der Waals surface area (Å²) in [6.45, 7) is 1.56. The summed E-state index contributed by atoms with van der Waals surface area (Å²) in [5, 5.41) is 8.18. The van der Waals surface area contributed by atoms with Gasteiger partial charge in [-0.2, -0.15) is 24.3 Å². The van der Waals surface area contributed by atoms with E-state index in [4.69, 9.17) is 5.26 Å². The molecule has 0 aliphatic heterocycles. The maximum absolute atomic E-state index is 10.5. The van der Waals surface area contributed by atoms with Gasteiger partial charge in [-0.25, -0.2) is 29.5 Å². The topological polar surface area (TPSA) is 40.9 Å². The van der Waals surface area contributed by atoms with Gasteiger partial charge in [-0.1, -0.05) is 11.1 Å². The van der Waals surface area contributed by atoms with Crippen molar-refractivity contribution in [3.8, 4) is 6.07 Å². The number of carbonyl (C=O) groups is 1. The number of Topliss-reactive ketones (excluding diaryl/α,β-unsaturated/α-hetero) is 1. The van der Waals surface area contributed by atoms with Gasteiger partial charge in [0.2, 0.25) is 0 Å². The molecule has 0 spiro atoms. The summed E-state index contributed by atoms with van der Waals surface area (Å²) >= 11 is 0. The second-order valence-electron chi connectivity index (χ2n) is 3.02. The largest absolute Gasteiger partial charge is 2.00 e.